The summed E-state index contributed by atoms with van der Waals surface area (Å²) in [7, 11) is -4.21. The average molecular weight is 570 g/mol. The Bertz CT molecular complexity index is 1450. The second-order valence-electron chi connectivity index (χ2n) is 9.64. The Morgan fingerprint density at radius 3 is 2.23 bits per heavy atom. The maximum absolute atomic E-state index is 13.9. The molecule has 0 saturated carbocycles. The van der Waals surface area contributed by atoms with Crippen LogP contribution >= 0.6 is 0 Å². The zero-order valence-electron chi connectivity index (χ0n) is 22.5. The Kier molecular flexibility index (Phi) is 8.93. The number of halogens is 1. The molecule has 1 aliphatic heterocycles. The van der Waals surface area contributed by atoms with Crippen LogP contribution in [-0.2, 0) is 26.2 Å². The molecule has 0 spiro atoms. The Hall–Kier alpha value is -4.12. The van der Waals surface area contributed by atoms with Crippen LogP contribution in [0.3, 0.4) is 0 Å². The van der Waals surface area contributed by atoms with Crippen molar-refractivity contribution in [3.05, 3.63) is 84.2 Å². The van der Waals surface area contributed by atoms with Gasteiger partial charge in [-0.1, -0.05) is 30.3 Å². The molecular weight excluding hydrogens is 537 g/mol. The summed E-state index contributed by atoms with van der Waals surface area (Å²) in [5, 5.41) is 2.79. The molecule has 1 atom stereocenters. The fraction of sp³-hybridized carbons (Fsp3) is 0.310. The monoisotopic (exact) mass is 569 g/mol. The predicted molar refractivity (Wildman–Crippen MR) is 148 cm³/mol. The molecule has 1 heterocycles. The number of hydrogen-bond donors (Lipinski definition) is 1. The van der Waals surface area contributed by atoms with E-state index in [0.717, 1.165) is 4.31 Å². The van der Waals surface area contributed by atoms with Gasteiger partial charge in [0.05, 0.1) is 10.6 Å². The number of nitrogens with one attached hydrogen (secondary N) is 1. The van der Waals surface area contributed by atoms with Gasteiger partial charge in [-0.3, -0.25) is 13.9 Å². The van der Waals surface area contributed by atoms with Crippen molar-refractivity contribution in [2.24, 2.45) is 0 Å². The number of sulfonamides is 1. The van der Waals surface area contributed by atoms with Crippen LogP contribution in [0.5, 0.6) is 11.5 Å². The summed E-state index contributed by atoms with van der Waals surface area (Å²) in [5.74, 6) is -0.633. The van der Waals surface area contributed by atoms with Gasteiger partial charge in [-0.15, -0.1) is 0 Å². The van der Waals surface area contributed by atoms with Crippen molar-refractivity contribution >= 4 is 27.5 Å². The van der Waals surface area contributed by atoms with E-state index in [-0.39, 0.29) is 23.2 Å². The van der Waals surface area contributed by atoms with Crippen LogP contribution in [-0.4, -0.2) is 57.0 Å². The Balaban J connectivity index is 1.73. The fourth-order valence-corrected chi connectivity index (χ4v) is 5.64. The lowest BCUT2D eigenvalue weighted by atomic mass is 10.1. The normalized spacial score (nSPS) is 13.4. The zero-order valence-corrected chi connectivity index (χ0v) is 23.4. The second-order valence-corrected chi connectivity index (χ2v) is 11.5. The SMILES string of the molecule is CC(C)NC(=O)[C@H](C)N(Cc1ccc(F)cc1)C(=O)CN(c1ccc2c(c1)OCCO2)S(=O)(=O)c1ccccc1. The van der Waals surface area contributed by atoms with Gasteiger partial charge in [0.1, 0.15) is 31.6 Å². The minimum Gasteiger partial charge on any atom is -0.486 e. The number of carbonyl (C=O) groups excluding carboxylic acids is 2. The van der Waals surface area contributed by atoms with E-state index < -0.39 is 40.2 Å². The van der Waals surface area contributed by atoms with Crippen LogP contribution in [0.1, 0.15) is 26.3 Å². The second kappa shape index (κ2) is 12.4. The van der Waals surface area contributed by atoms with E-state index in [0.29, 0.717) is 30.3 Å². The molecule has 4 rings (SSSR count). The molecule has 2 amide bonds. The van der Waals surface area contributed by atoms with Crippen LogP contribution in [0.15, 0.2) is 77.7 Å². The summed E-state index contributed by atoms with van der Waals surface area (Å²) in [4.78, 5) is 28.1. The van der Waals surface area contributed by atoms with Crippen LogP contribution in [0.4, 0.5) is 10.1 Å². The molecule has 11 heteroatoms. The van der Waals surface area contributed by atoms with Gasteiger partial charge in [-0.05, 0) is 62.7 Å². The van der Waals surface area contributed by atoms with Crippen LogP contribution in [0.25, 0.3) is 0 Å². The Morgan fingerprint density at radius 2 is 1.57 bits per heavy atom. The molecule has 9 nitrogen and oxygen atoms in total. The van der Waals surface area contributed by atoms with Crippen molar-refractivity contribution in [3.63, 3.8) is 0 Å². The molecule has 0 unspecified atom stereocenters. The van der Waals surface area contributed by atoms with Gasteiger partial charge < -0.3 is 19.7 Å². The average Bonchev–Trinajstić information content (AvgIpc) is 2.95. The lowest BCUT2D eigenvalue weighted by Crippen LogP contribution is -2.52. The van der Waals surface area contributed by atoms with E-state index in [1.807, 2.05) is 0 Å². The van der Waals surface area contributed by atoms with Crippen LogP contribution in [0, 0.1) is 5.82 Å². The summed E-state index contributed by atoms with van der Waals surface area (Å²) in [5.41, 5.74) is 0.776. The number of hydrogen-bond acceptors (Lipinski definition) is 6. The minimum atomic E-state index is -4.21. The molecule has 0 fully saturated rings. The number of benzene rings is 3. The van der Waals surface area contributed by atoms with Gasteiger partial charge in [0.15, 0.2) is 11.5 Å². The van der Waals surface area contributed by atoms with E-state index in [1.165, 1.54) is 47.4 Å². The third kappa shape index (κ3) is 6.71. The largest absolute Gasteiger partial charge is 0.486 e. The molecule has 0 bridgehead atoms. The van der Waals surface area contributed by atoms with E-state index in [9.17, 15) is 22.4 Å². The first-order valence-electron chi connectivity index (χ1n) is 12.9. The lowest BCUT2D eigenvalue weighted by molar-refractivity contribution is -0.139. The molecule has 212 valence electrons. The first-order valence-corrected chi connectivity index (χ1v) is 14.3. The van der Waals surface area contributed by atoms with E-state index in [2.05, 4.69) is 5.32 Å². The van der Waals surface area contributed by atoms with E-state index in [1.54, 1.807) is 51.1 Å². The molecule has 3 aromatic carbocycles. The molecule has 0 saturated heterocycles. The number of rotatable bonds is 10. The summed E-state index contributed by atoms with van der Waals surface area (Å²) in [6.45, 7) is 5.20. The third-order valence-electron chi connectivity index (χ3n) is 6.29. The summed E-state index contributed by atoms with van der Waals surface area (Å²) in [6.07, 6.45) is 0. The van der Waals surface area contributed by atoms with Crippen molar-refractivity contribution in [1.82, 2.24) is 10.2 Å². The highest BCUT2D eigenvalue weighted by Gasteiger charge is 2.33. The van der Waals surface area contributed by atoms with Gasteiger partial charge in [-0.2, -0.15) is 0 Å². The van der Waals surface area contributed by atoms with E-state index in [4.69, 9.17) is 9.47 Å². The maximum Gasteiger partial charge on any atom is 0.264 e. The number of ether oxygens (including phenoxy) is 2. The molecular formula is C29H32FN3O6S. The van der Waals surface area contributed by atoms with Crippen molar-refractivity contribution < 1.29 is 31.9 Å². The minimum absolute atomic E-state index is 0.00614. The molecule has 0 aromatic heterocycles. The first kappa shape index (κ1) is 28.9. The number of amides is 2. The smallest absolute Gasteiger partial charge is 0.264 e. The van der Waals surface area contributed by atoms with Crippen molar-refractivity contribution in [2.75, 3.05) is 24.1 Å². The first-order chi connectivity index (χ1) is 19.1. The standard InChI is InChI=1S/C29H32FN3O6S/c1-20(2)31-29(35)21(3)32(18-22-9-11-23(30)12-10-22)28(34)19-33(40(36,37)25-7-5-4-6-8-25)24-13-14-26-27(17-24)39-16-15-38-26/h4-14,17,20-21H,15-16,18-19H2,1-3H3,(H,31,35)/t21-/m0/s1. The van der Waals surface area contributed by atoms with Gasteiger partial charge in [-0.25, -0.2) is 12.8 Å². The van der Waals surface area contributed by atoms with Gasteiger partial charge >= 0.3 is 0 Å². The molecule has 0 radical (unpaired) electrons. The Labute approximate surface area is 233 Å². The third-order valence-corrected chi connectivity index (χ3v) is 8.08. The molecule has 40 heavy (non-hydrogen) atoms. The van der Waals surface area contributed by atoms with Gasteiger partial charge in [0, 0.05) is 18.7 Å². The lowest BCUT2D eigenvalue weighted by Gasteiger charge is -2.32. The summed E-state index contributed by atoms with van der Waals surface area (Å²) in [6, 6.07) is 16.9. The summed E-state index contributed by atoms with van der Waals surface area (Å²) >= 11 is 0. The Morgan fingerprint density at radius 1 is 0.925 bits per heavy atom. The van der Waals surface area contributed by atoms with Crippen molar-refractivity contribution in [1.29, 1.82) is 0 Å². The molecule has 0 aliphatic carbocycles. The zero-order chi connectivity index (χ0) is 28.9. The predicted octanol–water partition coefficient (Wildman–Crippen LogP) is 3.73. The molecule has 1 N–H and O–H groups in total. The highest BCUT2D eigenvalue weighted by molar-refractivity contribution is 7.92. The topological polar surface area (TPSA) is 105 Å². The number of carbonyl (C=O) groups is 2. The summed E-state index contributed by atoms with van der Waals surface area (Å²) < 4.78 is 53.5. The van der Waals surface area contributed by atoms with Crippen molar-refractivity contribution in [2.45, 2.75) is 44.3 Å². The highest BCUT2D eigenvalue weighted by Crippen LogP contribution is 2.36. The van der Waals surface area contributed by atoms with E-state index >= 15 is 0 Å². The maximum atomic E-state index is 13.9. The van der Waals surface area contributed by atoms with Gasteiger partial charge in [0.25, 0.3) is 10.0 Å². The van der Waals surface area contributed by atoms with Crippen LogP contribution in [0.2, 0.25) is 0 Å². The number of fused-ring (bicyclic) bond motifs is 1. The number of nitrogens with zero attached hydrogens (tertiary/aromatic N) is 2. The quantitative estimate of drug-likeness (QED) is 0.399. The fourth-order valence-electron chi connectivity index (χ4n) is 4.21. The highest BCUT2D eigenvalue weighted by atomic mass is 32.2. The number of anilines is 1. The van der Waals surface area contributed by atoms with Crippen LogP contribution < -0.4 is 19.1 Å². The molecule has 1 aliphatic rings. The van der Waals surface area contributed by atoms with Crippen molar-refractivity contribution in [3.8, 4) is 11.5 Å². The molecule has 3 aromatic rings. The van der Waals surface area contributed by atoms with Gasteiger partial charge in [0.2, 0.25) is 11.8 Å².